The fraction of sp³-hybridized carbons (Fsp3) is 0.143. The molecule has 0 bridgehead atoms. The molecule has 0 saturated carbocycles. The van der Waals surface area contributed by atoms with E-state index in [4.69, 9.17) is 11.6 Å². The van der Waals surface area contributed by atoms with Gasteiger partial charge in [-0.05, 0) is 43.3 Å². The molecule has 0 unspecified atom stereocenters. The number of anilines is 2. The maximum atomic E-state index is 13.1. The highest BCUT2D eigenvalue weighted by molar-refractivity contribution is 6.34. The monoisotopic (exact) mass is 464 g/mol. The second-order valence-electron chi connectivity index (χ2n) is 6.79. The Morgan fingerprint density at radius 2 is 1.78 bits per heavy atom. The van der Waals surface area contributed by atoms with Gasteiger partial charge in [0, 0.05) is 24.4 Å². The Hall–Kier alpha value is -3.66. The van der Waals surface area contributed by atoms with E-state index >= 15 is 0 Å². The van der Waals surface area contributed by atoms with Crippen molar-refractivity contribution >= 4 is 34.8 Å². The van der Waals surface area contributed by atoms with E-state index in [1.165, 1.54) is 44.2 Å². The Bertz CT molecular complexity index is 1270. The van der Waals surface area contributed by atoms with E-state index in [9.17, 15) is 27.6 Å². The number of hydrogen-bond acceptors (Lipinski definition) is 4. The van der Waals surface area contributed by atoms with E-state index < -0.39 is 28.8 Å². The van der Waals surface area contributed by atoms with E-state index in [1.54, 1.807) is 0 Å². The van der Waals surface area contributed by atoms with Crippen LogP contribution in [0.5, 0.6) is 0 Å². The van der Waals surface area contributed by atoms with E-state index in [-0.39, 0.29) is 28.0 Å². The lowest BCUT2D eigenvalue weighted by Gasteiger charge is -2.14. The van der Waals surface area contributed by atoms with Crippen LogP contribution in [0.15, 0.2) is 53.3 Å². The average molecular weight is 465 g/mol. The van der Waals surface area contributed by atoms with Crippen LogP contribution in [0.2, 0.25) is 5.02 Å². The van der Waals surface area contributed by atoms with Crippen LogP contribution >= 0.6 is 11.6 Å². The largest absolute Gasteiger partial charge is 0.416 e. The first kappa shape index (κ1) is 23.0. The van der Waals surface area contributed by atoms with Crippen LogP contribution in [0.4, 0.5) is 24.5 Å². The van der Waals surface area contributed by atoms with Crippen molar-refractivity contribution in [3.8, 4) is 5.69 Å². The number of halogens is 4. The zero-order valence-corrected chi connectivity index (χ0v) is 17.5. The molecule has 1 aromatic heterocycles. The number of benzene rings is 2. The maximum absolute atomic E-state index is 13.1. The number of nitrogens with zero attached hydrogens (tertiary/aromatic N) is 2. The Labute approximate surface area is 184 Å². The van der Waals surface area contributed by atoms with Crippen molar-refractivity contribution in [3.05, 3.63) is 80.7 Å². The highest BCUT2D eigenvalue weighted by Crippen LogP contribution is 2.30. The molecule has 0 fully saturated rings. The summed E-state index contributed by atoms with van der Waals surface area (Å²) in [7, 11) is 0. The SMILES string of the molecule is CC(=O)Nc1ccc(Cl)c(NC(=O)c2nn(-c3cccc(C(F)(F)F)c3)c(C)cc2=O)c1. The van der Waals surface area contributed by atoms with Crippen molar-refractivity contribution in [3.63, 3.8) is 0 Å². The molecule has 2 amide bonds. The molecule has 32 heavy (non-hydrogen) atoms. The van der Waals surface area contributed by atoms with E-state index in [2.05, 4.69) is 15.7 Å². The van der Waals surface area contributed by atoms with Gasteiger partial charge in [0.05, 0.1) is 22.0 Å². The first-order valence-corrected chi connectivity index (χ1v) is 9.50. The fourth-order valence-electron chi connectivity index (χ4n) is 2.86. The summed E-state index contributed by atoms with van der Waals surface area (Å²) in [6, 6.07) is 9.77. The molecule has 0 aliphatic rings. The molecule has 0 saturated heterocycles. The molecule has 0 aliphatic heterocycles. The summed E-state index contributed by atoms with van der Waals surface area (Å²) in [5.74, 6) is -1.26. The number of hydrogen-bond donors (Lipinski definition) is 2. The van der Waals surface area contributed by atoms with Crippen molar-refractivity contribution < 1.29 is 22.8 Å². The van der Waals surface area contributed by atoms with Gasteiger partial charge in [-0.15, -0.1) is 0 Å². The predicted octanol–water partition coefficient (Wildman–Crippen LogP) is 4.42. The number of amides is 2. The van der Waals surface area contributed by atoms with Gasteiger partial charge in [0.25, 0.3) is 5.91 Å². The van der Waals surface area contributed by atoms with Crippen molar-refractivity contribution in [2.45, 2.75) is 20.0 Å². The van der Waals surface area contributed by atoms with Gasteiger partial charge in [0.15, 0.2) is 5.69 Å². The van der Waals surface area contributed by atoms with Crippen molar-refractivity contribution in [1.82, 2.24) is 9.78 Å². The van der Waals surface area contributed by atoms with E-state index in [0.717, 1.165) is 22.9 Å². The van der Waals surface area contributed by atoms with Crippen LogP contribution in [-0.4, -0.2) is 21.6 Å². The number of alkyl halides is 3. The molecule has 11 heteroatoms. The predicted molar refractivity (Wildman–Crippen MR) is 113 cm³/mol. The standard InChI is InChI=1S/C21H16ClF3N4O3/c1-11-8-18(31)19(28-29(11)15-5-3-4-13(9-15)21(23,24)25)20(32)27-17-10-14(26-12(2)30)6-7-16(17)22/h3-10H,1-2H3,(H,26,30)(H,27,32). The van der Waals surface area contributed by atoms with Crippen molar-refractivity contribution in [2.75, 3.05) is 10.6 Å². The zero-order valence-electron chi connectivity index (χ0n) is 16.7. The van der Waals surface area contributed by atoms with Gasteiger partial charge in [-0.1, -0.05) is 17.7 Å². The highest BCUT2D eigenvalue weighted by Gasteiger charge is 2.30. The smallest absolute Gasteiger partial charge is 0.326 e. The fourth-order valence-corrected chi connectivity index (χ4v) is 3.03. The van der Waals surface area contributed by atoms with Crippen molar-refractivity contribution in [2.24, 2.45) is 0 Å². The van der Waals surface area contributed by atoms with Crippen LogP contribution in [0.25, 0.3) is 5.69 Å². The molecule has 7 nitrogen and oxygen atoms in total. The third kappa shape index (κ3) is 5.14. The van der Waals surface area contributed by atoms with E-state index in [1.807, 2.05) is 0 Å². The zero-order chi connectivity index (χ0) is 23.6. The molecule has 3 rings (SSSR count). The minimum absolute atomic E-state index is 0.0251. The summed E-state index contributed by atoms with van der Waals surface area (Å²) >= 11 is 6.08. The molecule has 3 aromatic rings. The summed E-state index contributed by atoms with van der Waals surface area (Å²) in [5, 5.41) is 9.08. The van der Waals surface area contributed by atoms with Gasteiger partial charge in [0.1, 0.15) is 0 Å². The maximum Gasteiger partial charge on any atom is 0.416 e. The van der Waals surface area contributed by atoms with Crippen LogP contribution in [-0.2, 0) is 11.0 Å². The quantitative estimate of drug-likeness (QED) is 0.597. The summed E-state index contributed by atoms with van der Waals surface area (Å²) < 4.78 is 40.3. The van der Waals surface area contributed by atoms with Gasteiger partial charge in [-0.25, -0.2) is 4.68 Å². The first-order chi connectivity index (χ1) is 15.0. The van der Waals surface area contributed by atoms with Gasteiger partial charge in [-0.3, -0.25) is 14.4 Å². The molecule has 2 N–H and O–H groups in total. The van der Waals surface area contributed by atoms with Gasteiger partial charge < -0.3 is 10.6 Å². The first-order valence-electron chi connectivity index (χ1n) is 9.13. The second-order valence-corrected chi connectivity index (χ2v) is 7.20. The van der Waals surface area contributed by atoms with Gasteiger partial charge in [0.2, 0.25) is 11.3 Å². The molecule has 1 heterocycles. The minimum atomic E-state index is -4.57. The Balaban J connectivity index is 1.99. The Morgan fingerprint density at radius 3 is 2.44 bits per heavy atom. The molecular formula is C21H16ClF3N4O3. The summed E-state index contributed by atoms with van der Waals surface area (Å²) in [6.45, 7) is 2.78. The minimum Gasteiger partial charge on any atom is -0.326 e. The summed E-state index contributed by atoms with van der Waals surface area (Å²) in [4.78, 5) is 36.3. The second kappa shape index (κ2) is 8.83. The number of aryl methyl sites for hydroxylation is 1. The third-order valence-corrected chi connectivity index (χ3v) is 4.61. The normalized spacial score (nSPS) is 11.2. The highest BCUT2D eigenvalue weighted by atomic mass is 35.5. The van der Waals surface area contributed by atoms with Crippen molar-refractivity contribution in [1.29, 1.82) is 0 Å². The van der Waals surface area contributed by atoms with Crippen LogP contribution in [0.1, 0.15) is 28.7 Å². The van der Waals surface area contributed by atoms with E-state index in [0.29, 0.717) is 5.69 Å². The molecular weight excluding hydrogens is 449 g/mol. The molecule has 0 radical (unpaired) electrons. The van der Waals surface area contributed by atoms with Gasteiger partial charge >= 0.3 is 6.18 Å². The lowest BCUT2D eigenvalue weighted by Crippen LogP contribution is -2.27. The average Bonchev–Trinajstić information content (AvgIpc) is 2.69. The number of aromatic nitrogens is 2. The molecule has 0 spiro atoms. The Kier molecular flexibility index (Phi) is 6.35. The number of rotatable bonds is 4. The number of carbonyl (C=O) groups is 2. The molecule has 2 aromatic carbocycles. The number of nitrogens with one attached hydrogen (secondary N) is 2. The summed E-state index contributed by atoms with van der Waals surface area (Å²) in [6.07, 6.45) is -4.57. The Morgan fingerprint density at radius 1 is 1.06 bits per heavy atom. The lowest BCUT2D eigenvalue weighted by molar-refractivity contribution is -0.137. The van der Waals surface area contributed by atoms with Crippen LogP contribution in [0, 0.1) is 6.92 Å². The third-order valence-electron chi connectivity index (χ3n) is 4.28. The van der Waals surface area contributed by atoms with Crippen LogP contribution < -0.4 is 16.1 Å². The lowest BCUT2D eigenvalue weighted by atomic mass is 10.2. The topological polar surface area (TPSA) is 93.1 Å². The van der Waals surface area contributed by atoms with Gasteiger partial charge in [-0.2, -0.15) is 18.3 Å². The number of carbonyl (C=O) groups excluding carboxylic acids is 2. The summed E-state index contributed by atoms with van der Waals surface area (Å²) in [5.41, 5.74) is -1.45. The van der Waals surface area contributed by atoms with Crippen LogP contribution in [0.3, 0.4) is 0 Å². The molecule has 0 atom stereocenters. The molecule has 166 valence electrons. The molecule has 0 aliphatic carbocycles.